The molecule has 0 saturated carbocycles. The molecule has 1 fully saturated rings. The lowest BCUT2D eigenvalue weighted by molar-refractivity contribution is 0.0701. The highest BCUT2D eigenvalue weighted by molar-refractivity contribution is 5.95. The first kappa shape index (κ1) is 19.7. The lowest BCUT2D eigenvalue weighted by Crippen LogP contribution is -2.41. The first-order valence-corrected chi connectivity index (χ1v) is 10.3. The maximum Gasteiger partial charge on any atom is 0.255 e. The number of aromatic amines is 1. The SMILES string of the molecule is CCN(CC1CCN(CCc2ccccc2C)CC1)C(=O)c1cc[nH]c1C. The van der Waals surface area contributed by atoms with Crippen molar-refractivity contribution in [3.8, 4) is 0 Å². The normalized spacial score (nSPS) is 15.8. The number of benzene rings is 1. The second-order valence-electron chi connectivity index (χ2n) is 7.82. The molecule has 1 aliphatic heterocycles. The van der Waals surface area contributed by atoms with Gasteiger partial charge in [-0.3, -0.25) is 4.79 Å². The number of piperidine rings is 1. The second-order valence-corrected chi connectivity index (χ2v) is 7.82. The fourth-order valence-electron chi connectivity index (χ4n) is 4.08. The minimum atomic E-state index is 0.165. The minimum Gasteiger partial charge on any atom is -0.365 e. The largest absolute Gasteiger partial charge is 0.365 e. The Hall–Kier alpha value is -2.07. The van der Waals surface area contributed by atoms with Gasteiger partial charge in [-0.25, -0.2) is 0 Å². The quantitative estimate of drug-likeness (QED) is 0.802. The Morgan fingerprint density at radius 1 is 1.19 bits per heavy atom. The van der Waals surface area contributed by atoms with Crippen LogP contribution in [0.15, 0.2) is 36.5 Å². The Labute approximate surface area is 163 Å². The molecule has 1 N–H and O–H groups in total. The number of hydrogen-bond donors (Lipinski definition) is 1. The predicted molar refractivity (Wildman–Crippen MR) is 111 cm³/mol. The Balaban J connectivity index is 1.46. The van der Waals surface area contributed by atoms with Crippen LogP contribution < -0.4 is 0 Å². The second kappa shape index (κ2) is 9.23. The van der Waals surface area contributed by atoms with Gasteiger partial charge in [0.2, 0.25) is 0 Å². The zero-order valence-electron chi connectivity index (χ0n) is 17.0. The number of aryl methyl sites for hydroxylation is 2. The standard InChI is InChI=1S/C23H33N3O/c1-4-26(23(27)22-9-13-24-19(22)3)17-20-10-14-25(15-11-20)16-12-21-8-6-5-7-18(21)2/h5-9,13,20,24H,4,10-12,14-17H2,1-3H3. The summed E-state index contributed by atoms with van der Waals surface area (Å²) in [4.78, 5) is 20.5. The van der Waals surface area contributed by atoms with Gasteiger partial charge in [-0.15, -0.1) is 0 Å². The lowest BCUT2D eigenvalue weighted by atomic mass is 9.95. The van der Waals surface area contributed by atoms with Gasteiger partial charge < -0.3 is 14.8 Å². The number of aromatic nitrogens is 1. The van der Waals surface area contributed by atoms with Crippen LogP contribution in [0.2, 0.25) is 0 Å². The number of nitrogens with zero attached hydrogens (tertiary/aromatic N) is 2. The summed E-state index contributed by atoms with van der Waals surface area (Å²) in [6.45, 7) is 11.3. The summed E-state index contributed by atoms with van der Waals surface area (Å²) < 4.78 is 0. The summed E-state index contributed by atoms with van der Waals surface area (Å²) in [6, 6.07) is 10.6. The molecular formula is C23H33N3O. The van der Waals surface area contributed by atoms with Crippen LogP contribution in [0.3, 0.4) is 0 Å². The first-order chi connectivity index (χ1) is 13.1. The molecule has 3 rings (SSSR count). The molecule has 146 valence electrons. The Kier molecular flexibility index (Phi) is 6.73. The summed E-state index contributed by atoms with van der Waals surface area (Å²) in [6.07, 6.45) is 5.35. The predicted octanol–water partition coefficient (Wildman–Crippen LogP) is 4.05. The Morgan fingerprint density at radius 3 is 2.56 bits per heavy atom. The van der Waals surface area contributed by atoms with E-state index in [0.29, 0.717) is 5.92 Å². The molecule has 27 heavy (non-hydrogen) atoms. The van der Waals surface area contributed by atoms with Crippen LogP contribution in [-0.2, 0) is 6.42 Å². The Morgan fingerprint density at radius 2 is 1.93 bits per heavy atom. The zero-order chi connectivity index (χ0) is 19.2. The summed E-state index contributed by atoms with van der Waals surface area (Å²) in [5, 5.41) is 0. The number of rotatable bonds is 7. The van der Waals surface area contributed by atoms with E-state index in [1.807, 2.05) is 24.1 Å². The molecule has 0 spiro atoms. The van der Waals surface area contributed by atoms with E-state index in [1.165, 1.54) is 24.0 Å². The number of nitrogens with one attached hydrogen (secondary N) is 1. The van der Waals surface area contributed by atoms with Gasteiger partial charge in [0.1, 0.15) is 0 Å². The van der Waals surface area contributed by atoms with Crippen LogP contribution in [0.25, 0.3) is 0 Å². The van der Waals surface area contributed by atoms with Crippen LogP contribution in [-0.4, -0.2) is 53.4 Å². The van der Waals surface area contributed by atoms with Crippen LogP contribution >= 0.6 is 0 Å². The van der Waals surface area contributed by atoms with E-state index in [0.717, 1.165) is 50.4 Å². The number of hydrogen-bond acceptors (Lipinski definition) is 2. The minimum absolute atomic E-state index is 0.165. The highest BCUT2D eigenvalue weighted by atomic mass is 16.2. The van der Waals surface area contributed by atoms with Crippen molar-refractivity contribution in [1.82, 2.24) is 14.8 Å². The third-order valence-electron chi connectivity index (χ3n) is 6.00. The van der Waals surface area contributed by atoms with Crippen LogP contribution in [0.4, 0.5) is 0 Å². The fraction of sp³-hybridized carbons (Fsp3) is 0.522. The molecule has 2 heterocycles. The van der Waals surface area contributed by atoms with Gasteiger partial charge in [0.25, 0.3) is 5.91 Å². The van der Waals surface area contributed by atoms with E-state index < -0.39 is 0 Å². The monoisotopic (exact) mass is 367 g/mol. The average molecular weight is 368 g/mol. The molecule has 1 aliphatic rings. The van der Waals surface area contributed by atoms with Crippen molar-refractivity contribution in [2.24, 2.45) is 5.92 Å². The van der Waals surface area contributed by atoms with Gasteiger partial charge in [-0.05, 0) is 76.2 Å². The van der Waals surface area contributed by atoms with E-state index in [1.54, 1.807) is 0 Å². The molecule has 1 amide bonds. The van der Waals surface area contributed by atoms with E-state index in [2.05, 4.69) is 48.0 Å². The van der Waals surface area contributed by atoms with E-state index in [-0.39, 0.29) is 5.91 Å². The molecule has 1 saturated heterocycles. The summed E-state index contributed by atoms with van der Waals surface area (Å²) in [5.74, 6) is 0.779. The van der Waals surface area contributed by atoms with Gasteiger partial charge in [-0.2, -0.15) is 0 Å². The van der Waals surface area contributed by atoms with Crippen LogP contribution in [0.5, 0.6) is 0 Å². The topological polar surface area (TPSA) is 39.3 Å². The highest BCUT2D eigenvalue weighted by Gasteiger charge is 2.24. The van der Waals surface area contributed by atoms with Gasteiger partial charge in [0.05, 0.1) is 5.56 Å². The van der Waals surface area contributed by atoms with Crippen molar-refractivity contribution < 1.29 is 4.79 Å². The summed E-state index contributed by atoms with van der Waals surface area (Å²) >= 11 is 0. The van der Waals surface area contributed by atoms with Crippen LogP contribution in [0.1, 0.15) is 46.9 Å². The van der Waals surface area contributed by atoms with Crippen molar-refractivity contribution in [2.75, 3.05) is 32.7 Å². The molecule has 1 aromatic carbocycles. The number of amides is 1. The number of carbonyl (C=O) groups excluding carboxylic acids is 1. The van der Waals surface area contributed by atoms with Crippen molar-refractivity contribution in [1.29, 1.82) is 0 Å². The van der Waals surface area contributed by atoms with E-state index >= 15 is 0 Å². The molecule has 0 bridgehead atoms. The van der Waals surface area contributed by atoms with Crippen molar-refractivity contribution in [3.05, 3.63) is 58.9 Å². The molecule has 0 radical (unpaired) electrons. The molecular weight excluding hydrogens is 334 g/mol. The third kappa shape index (κ3) is 5.01. The lowest BCUT2D eigenvalue weighted by Gasteiger charge is -2.34. The fourth-order valence-corrected chi connectivity index (χ4v) is 4.08. The highest BCUT2D eigenvalue weighted by Crippen LogP contribution is 2.21. The molecule has 1 aromatic heterocycles. The maximum atomic E-state index is 12.8. The molecule has 4 nitrogen and oxygen atoms in total. The first-order valence-electron chi connectivity index (χ1n) is 10.3. The van der Waals surface area contributed by atoms with E-state index in [4.69, 9.17) is 0 Å². The van der Waals surface area contributed by atoms with Gasteiger partial charge in [0.15, 0.2) is 0 Å². The molecule has 0 unspecified atom stereocenters. The Bertz CT molecular complexity index is 744. The number of likely N-dealkylation sites (tertiary alicyclic amines) is 1. The number of H-pyrrole nitrogens is 1. The maximum absolute atomic E-state index is 12.8. The van der Waals surface area contributed by atoms with Gasteiger partial charge in [0, 0.05) is 31.5 Å². The van der Waals surface area contributed by atoms with Gasteiger partial charge >= 0.3 is 0 Å². The summed E-state index contributed by atoms with van der Waals surface area (Å²) in [7, 11) is 0. The molecule has 2 aromatic rings. The summed E-state index contributed by atoms with van der Waals surface area (Å²) in [5.41, 5.74) is 4.63. The molecule has 4 heteroatoms. The zero-order valence-corrected chi connectivity index (χ0v) is 17.0. The number of carbonyl (C=O) groups is 1. The van der Waals surface area contributed by atoms with Crippen LogP contribution in [0, 0.1) is 19.8 Å². The van der Waals surface area contributed by atoms with Crippen molar-refractivity contribution >= 4 is 5.91 Å². The van der Waals surface area contributed by atoms with Crippen molar-refractivity contribution in [2.45, 2.75) is 40.0 Å². The van der Waals surface area contributed by atoms with Crippen molar-refractivity contribution in [3.63, 3.8) is 0 Å². The molecule has 0 atom stereocenters. The van der Waals surface area contributed by atoms with Gasteiger partial charge in [-0.1, -0.05) is 24.3 Å². The average Bonchev–Trinajstić information content (AvgIpc) is 3.12. The third-order valence-corrected chi connectivity index (χ3v) is 6.00. The van der Waals surface area contributed by atoms with E-state index in [9.17, 15) is 4.79 Å². The smallest absolute Gasteiger partial charge is 0.255 e. The molecule has 0 aliphatic carbocycles.